The van der Waals surface area contributed by atoms with E-state index in [0.29, 0.717) is 6.61 Å². The van der Waals surface area contributed by atoms with Crippen LogP contribution in [-0.4, -0.2) is 21.6 Å². The molecule has 0 amide bonds. The summed E-state index contributed by atoms with van der Waals surface area (Å²) in [7, 11) is 0. The van der Waals surface area contributed by atoms with Gasteiger partial charge in [0.25, 0.3) is 0 Å². The molecule has 0 atom stereocenters. The van der Waals surface area contributed by atoms with Crippen LogP contribution in [0.4, 0.5) is 0 Å². The SMILES string of the molecule is CCOc1ccc(-c2cn(Cc3ccccc3)nn2)cc1. The highest BCUT2D eigenvalue weighted by Crippen LogP contribution is 2.20. The van der Waals surface area contributed by atoms with Crippen LogP contribution < -0.4 is 4.74 Å². The number of aromatic nitrogens is 3. The quantitative estimate of drug-likeness (QED) is 0.718. The van der Waals surface area contributed by atoms with Crippen molar-refractivity contribution in [2.75, 3.05) is 6.61 Å². The standard InChI is InChI=1S/C17H17N3O/c1-2-21-16-10-8-15(9-11-16)17-13-20(19-18-17)12-14-6-4-3-5-7-14/h3-11,13H,2,12H2,1H3. The maximum absolute atomic E-state index is 5.44. The van der Waals surface area contributed by atoms with Gasteiger partial charge >= 0.3 is 0 Å². The summed E-state index contributed by atoms with van der Waals surface area (Å²) in [6, 6.07) is 18.1. The van der Waals surface area contributed by atoms with Gasteiger partial charge in [-0.05, 0) is 36.8 Å². The van der Waals surface area contributed by atoms with Crippen molar-refractivity contribution < 1.29 is 4.74 Å². The molecule has 4 heteroatoms. The average Bonchev–Trinajstić information content (AvgIpc) is 2.98. The molecule has 3 aromatic rings. The number of rotatable bonds is 5. The molecule has 0 bridgehead atoms. The second-order valence-corrected chi connectivity index (χ2v) is 4.74. The zero-order chi connectivity index (χ0) is 14.5. The Hall–Kier alpha value is -2.62. The summed E-state index contributed by atoms with van der Waals surface area (Å²) in [6.07, 6.45) is 1.96. The van der Waals surface area contributed by atoms with Crippen molar-refractivity contribution in [3.63, 3.8) is 0 Å². The van der Waals surface area contributed by atoms with Crippen molar-refractivity contribution in [2.45, 2.75) is 13.5 Å². The first kappa shape index (κ1) is 13.4. The molecule has 1 heterocycles. The topological polar surface area (TPSA) is 39.9 Å². The summed E-state index contributed by atoms with van der Waals surface area (Å²) < 4.78 is 7.29. The van der Waals surface area contributed by atoms with Crippen molar-refractivity contribution in [3.05, 3.63) is 66.4 Å². The number of hydrogen-bond donors (Lipinski definition) is 0. The van der Waals surface area contributed by atoms with Gasteiger partial charge in [0.1, 0.15) is 11.4 Å². The predicted molar refractivity (Wildman–Crippen MR) is 82.2 cm³/mol. The maximum Gasteiger partial charge on any atom is 0.119 e. The Morgan fingerprint density at radius 1 is 1.00 bits per heavy atom. The van der Waals surface area contributed by atoms with Gasteiger partial charge in [-0.15, -0.1) is 5.10 Å². The third-order valence-electron chi connectivity index (χ3n) is 3.19. The lowest BCUT2D eigenvalue weighted by Crippen LogP contribution is -1.99. The summed E-state index contributed by atoms with van der Waals surface area (Å²) in [4.78, 5) is 0. The summed E-state index contributed by atoms with van der Waals surface area (Å²) >= 11 is 0. The smallest absolute Gasteiger partial charge is 0.119 e. The van der Waals surface area contributed by atoms with Gasteiger partial charge in [0.15, 0.2) is 0 Å². The van der Waals surface area contributed by atoms with Gasteiger partial charge in [-0.25, -0.2) is 4.68 Å². The van der Waals surface area contributed by atoms with E-state index >= 15 is 0 Å². The number of benzene rings is 2. The minimum atomic E-state index is 0.673. The first-order chi connectivity index (χ1) is 10.3. The van der Waals surface area contributed by atoms with E-state index in [9.17, 15) is 0 Å². The Balaban J connectivity index is 1.75. The summed E-state index contributed by atoms with van der Waals surface area (Å²) in [5, 5.41) is 8.41. The first-order valence-electron chi connectivity index (χ1n) is 7.02. The zero-order valence-electron chi connectivity index (χ0n) is 11.9. The van der Waals surface area contributed by atoms with Gasteiger partial charge in [0, 0.05) is 5.56 Å². The Morgan fingerprint density at radius 2 is 1.76 bits per heavy atom. The van der Waals surface area contributed by atoms with Gasteiger partial charge in [0.05, 0.1) is 19.3 Å². The van der Waals surface area contributed by atoms with Crippen LogP contribution in [0.5, 0.6) is 5.75 Å². The molecule has 1 aromatic heterocycles. The van der Waals surface area contributed by atoms with Crippen molar-refractivity contribution in [1.29, 1.82) is 0 Å². The lowest BCUT2D eigenvalue weighted by molar-refractivity contribution is 0.340. The number of hydrogen-bond acceptors (Lipinski definition) is 3. The maximum atomic E-state index is 5.44. The van der Waals surface area contributed by atoms with Crippen LogP contribution in [-0.2, 0) is 6.54 Å². The van der Waals surface area contributed by atoms with E-state index in [1.807, 2.05) is 60.3 Å². The molecule has 0 fully saturated rings. The van der Waals surface area contributed by atoms with E-state index in [2.05, 4.69) is 22.4 Å². The van der Waals surface area contributed by atoms with Gasteiger partial charge in [-0.1, -0.05) is 35.5 Å². The fraction of sp³-hybridized carbons (Fsp3) is 0.176. The van der Waals surface area contributed by atoms with Gasteiger partial charge < -0.3 is 4.74 Å². The Labute approximate surface area is 124 Å². The molecule has 21 heavy (non-hydrogen) atoms. The fourth-order valence-electron chi connectivity index (χ4n) is 2.17. The highest BCUT2D eigenvalue weighted by Gasteiger charge is 2.04. The first-order valence-corrected chi connectivity index (χ1v) is 7.02. The molecule has 0 radical (unpaired) electrons. The van der Waals surface area contributed by atoms with Crippen LogP contribution in [0.2, 0.25) is 0 Å². The Bertz CT molecular complexity index is 690. The van der Waals surface area contributed by atoms with Crippen LogP contribution in [0.15, 0.2) is 60.8 Å². The van der Waals surface area contributed by atoms with Crippen molar-refractivity contribution in [2.24, 2.45) is 0 Å². The highest BCUT2D eigenvalue weighted by molar-refractivity contribution is 5.58. The van der Waals surface area contributed by atoms with E-state index in [4.69, 9.17) is 4.74 Å². The molecule has 0 unspecified atom stereocenters. The molecule has 0 aliphatic heterocycles. The van der Waals surface area contributed by atoms with E-state index in [0.717, 1.165) is 23.6 Å². The van der Waals surface area contributed by atoms with E-state index in [1.54, 1.807) is 0 Å². The van der Waals surface area contributed by atoms with Crippen LogP contribution in [0.25, 0.3) is 11.3 Å². The van der Waals surface area contributed by atoms with Crippen LogP contribution in [0, 0.1) is 0 Å². The molecular formula is C17H17N3O. The number of ether oxygens (including phenoxy) is 1. The molecule has 0 saturated heterocycles. The Kier molecular flexibility index (Phi) is 3.96. The Morgan fingerprint density at radius 3 is 2.48 bits per heavy atom. The third kappa shape index (κ3) is 3.28. The molecule has 0 N–H and O–H groups in total. The fourth-order valence-corrected chi connectivity index (χ4v) is 2.17. The second kappa shape index (κ2) is 6.22. The molecule has 0 saturated carbocycles. The van der Waals surface area contributed by atoms with Crippen molar-refractivity contribution >= 4 is 0 Å². The monoisotopic (exact) mass is 279 g/mol. The number of nitrogens with zero attached hydrogens (tertiary/aromatic N) is 3. The minimum absolute atomic E-state index is 0.673. The minimum Gasteiger partial charge on any atom is -0.494 e. The van der Waals surface area contributed by atoms with Crippen LogP contribution >= 0.6 is 0 Å². The van der Waals surface area contributed by atoms with Gasteiger partial charge in [-0.3, -0.25) is 0 Å². The van der Waals surface area contributed by atoms with Crippen molar-refractivity contribution in [1.82, 2.24) is 15.0 Å². The second-order valence-electron chi connectivity index (χ2n) is 4.74. The van der Waals surface area contributed by atoms with Gasteiger partial charge in [0.2, 0.25) is 0 Å². The van der Waals surface area contributed by atoms with Gasteiger partial charge in [-0.2, -0.15) is 0 Å². The zero-order valence-corrected chi connectivity index (χ0v) is 11.9. The molecule has 4 nitrogen and oxygen atoms in total. The summed E-state index contributed by atoms with van der Waals surface area (Å²) in [5.74, 6) is 0.873. The normalized spacial score (nSPS) is 10.5. The molecule has 3 rings (SSSR count). The third-order valence-corrected chi connectivity index (χ3v) is 3.19. The van der Waals surface area contributed by atoms with E-state index < -0.39 is 0 Å². The summed E-state index contributed by atoms with van der Waals surface area (Å²) in [6.45, 7) is 3.38. The molecular weight excluding hydrogens is 262 g/mol. The van der Waals surface area contributed by atoms with E-state index in [1.165, 1.54) is 5.56 Å². The molecule has 0 aliphatic carbocycles. The van der Waals surface area contributed by atoms with Crippen molar-refractivity contribution in [3.8, 4) is 17.0 Å². The van der Waals surface area contributed by atoms with Crippen LogP contribution in [0.1, 0.15) is 12.5 Å². The highest BCUT2D eigenvalue weighted by atomic mass is 16.5. The lowest BCUT2D eigenvalue weighted by Gasteiger charge is -2.02. The van der Waals surface area contributed by atoms with E-state index in [-0.39, 0.29) is 0 Å². The average molecular weight is 279 g/mol. The largest absolute Gasteiger partial charge is 0.494 e. The molecule has 106 valence electrons. The molecule has 2 aromatic carbocycles. The molecule has 0 aliphatic rings. The predicted octanol–water partition coefficient (Wildman–Crippen LogP) is 3.39. The summed E-state index contributed by atoms with van der Waals surface area (Å²) in [5.41, 5.74) is 3.12. The lowest BCUT2D eigenvalue weighted by atomic mass is 10.1. The van der Waals surface area contributed by atoms with Crippen LogP contribution in [0.3, 0.4) is 0 Å². The molecule has 0 spiro atoms.